The standard InChI is InChI=1S/C35H36N4O2.4CH4/c1-5-22-38(31(40)23-26-14-16-28(17-15-26)27-10-8-7-9-11-27)30(6-2)34-37-33-32(25(4)20-21-36-33)35(41)39(34)29-18-12-24(3)13-19-29;;;;/h7-21,30H,5-6,22-23H2,1-4H3;4*1H4. The summed E-state index contributed by atoms with van der Waals surface area (Å²) in [5.74, 6) is 0.543. The Balaban J connectivity index is 0.00000253. The predicted octanol–water partition coefficient (Wildman–Crippen LogP) is 9.54. The zero-order chi connectivity index (χ0) is 28.9. The van der Waals surface area contributed by atoms with Crippen LogP contribution < -0.4 is 5.56 Å². The molecule has 0 saturated carbocycles. The molecule has 240 valence electrons. The Morgan fingerprint density at radius 1 is 0.822 bits per heavy atom. The molecule has 1 amide bonds. The first-order valence-corrected chi connectivity index (χ1v) is 14.3. The van der Waals surface area contributed by atoms with Crippen molar-refractivity contribution in [3.63, 3.8) is 0 Å². The number of hydrogen-bond donors (Lipinski definition) is 0. The molecule has 5 aromatic rings. The van der Waals surface area contributed by atoms with Crippen molar-refractivity contribution < 1.29 is 4.79 Å². The minimum Gasteiger partial charge on any atom is -0.332 e. The van der Waals surface area contributed by atoms with Gasteiger partial charge in [0, 0.05) is 12.7 Å². The lowest BCUT2D eigenvalue weighted by molar-refractivity contribution is -0.133. The normalized spacial score (nSPS) is 10.8. The van der Waals surface area contributed by atoms with E-state index in [-0.39, 0.29) is 47.6 Å². The van der Waals surface area contributed by atoms with Gasteiger partial charge in [-0.05, 0) is 67.1 Å². The van der Waals surface area contributed by atoms with Crippen molar-refractivity contribution in [1.82, 2.24) is 19.4 Å². The number of nitrogens with zero attached hydrogens (tertiary/aromatic N) is 4. The second-order valence-corrected chi connectivity index (χ2v) is 10.5. The van der Waals surface area contributed by atoms with Gasteiger partial charge in [0.15, 0.2) is 5.65 Å². The quantitative estimate of drug-likeness (QED) is 0.167. The van der Waals surface area contributed by atoms with E-state index in [0.717, 1.165) is 39.9 Å². The topological polar surface area (TPSA) is 68.1 Å². The van der Waals surface area contributed by atoms with E-state index in [2.05, 4.69) is 36.2 Å². The summed E-state index contributed by atoms with van der Waals surface area (Å²) >= 11 is 0. The minimum absolute atomic E-state index is 0. The second kappa shape index (κ2) is 17.0. The van der Waals surface area contributed by atoms with E-state index < -0.39 is 6.04 Å². The molecular weight excluding hydrogens is 556 g/mol. The maximum atomic E-state index is 14.0. The Bertz CT molecular complexity index is 1710. The lowest BCUT2D eigenvalue weighted by Crippen LogP contribution is -2.40. The summed E-state index contributed by atoms with van der Waals surface area (Å²) in [6, 6.07) is 27.7. The van der Waals surface area contributed by atoms with Crippen LogP contribution in [0.2, 0.25) is 0 Å². The van der Waals surface area contributed by atoms with E-state index in [4.69, 9.17) is 4.98 Å². The molecule has 6 heteroatoms. The number of carbonyl (C=O) groups excluding carboxylic acids is 1. The maximum Gasteiger partial charge on any atom is 0.267 e. The van der Waals surface area contributed by atoms with Gasteiger partial charge in [0.05, 0.1) is 23.5 Å². The predicted molar refractivity (Wildman–Crippen MR) is 192 cm³/mol. The lowest BCUT2D eigenvalue weighted by Gasteiger charge is -2.32. The molecule has 0 aliphatic rings. The van der Waals surface area contributed by atoms with Crippen LogP contribution in [-0.4, -0.2) is 31.9 Å². The van der Waals surface area contributed by atoms with Crippen LogP contribution in [0, 0.1) is 13.8 Å². The molecule has 1 atom stereocenters. The average Bonchev–Trinajstić information content (AvgIpc) is 2.98. The van der Waals surface area contributed by atoms with E-state index in [1.165, 1.54) is 0 Å². The van der Waals surface area contributed by atoms with Gasteiger partial charge < -0.3 is 4.90 Å². The van der Waals surface area contributed by atoms with Gasteiger partial charge in [-0.2, -0.15) is 0 Å². The molecule has 0 aliphatic heterocycles. The highest BCUT2D eigenvalue weighted by Gasteiger charge is 2.29. The molecule has 0 fully saturated rings. The number of hydrogen-bond acceptors (Lipinski definition) is 4. The Kier molecular flexibility index (Phi) is 14.6. The second-order valence-electron chi connectivity index (χ2n) is 10.5. The van der Waals surface area contributed by atoms with Gasteiger partial charge in [-0.1, -0.05) is 116 Å². The minimum atomic E-state index is -0.397. The molecular formula is C39H52N4O2. The summed E-state index contributed by atoms with van der Waals surface area (Å²) in [5, 5.41) is 0.499. The van der Waals surface area contributed by atoms with Crippen molar-refractivity contribution in [3.05, 3.63) is 124 Å². The Morgan fingerprint density at radius 3 is 2.04 bits per heavy atom. The third-order valence-electron chi connectivity index (χ3n) is 7.56. The summed E-state index contributed by atoms with van der Waals surface area (Å²) in [4.78, 5) is 39.3. The van der Waals surface area contributed by atoms with Crippen molar-refractivity contribution in [2.24, 2.45) is 0 Å². The Morgan fingerprint density at radius 2 is 1.44 bits per heavy atom. The third-order valence-corrected chi connectivity index (χ3v) is 7.56. The molecule has 5 rings (SSSR count). The van der Waals surface area contributed by atoms with Crippen LogP contribution in [0.25, 0.3) is 27.8 Å². The molecule has 6 nitrogen and oxygen atoms in total. The zero-order valence-corrected chi connectivity index (χ0v) is 24.2. The molecule has 0 radical (unpaired) electrons. The third kappa shape index (κ3) is 8.13. The van der Waals surface area contributed by atoms with Crippen molar-refractivity contribution in [1.29, 1.82) is 0 Å². The molecule has 0 bridgehead atoms. The summed E-state index contributed by atoms with van der Waals surface area (Å²) in [7, 11) is 0. The molecule has 0 saturated heterocycles. The monoisotopic (exact) mass is 608 g/mol. The Hall–Kier alpha value is -4.58. The highest BCUT2D eigenvalue weighted by molar-refractivity contribution is 5.80. The number of aryl methyl sites for hydroxylation is 2. The van der Waals surface area contributed by atoms with Crippen LogP contribution in [0.5, 0.6) is 0 Å². The van der Waals surface area contributed by atoms with Crippen molar-refractivity contribution >= 4 is 16.9 Å². The number of pyridine rings is 1. The van der Waals surface area contributed by atoms with Crippen molar-refractivity contribution in [2.45, 2.75) is 82.7 Å². The summed E-state index contributed by atoms with van der Waals surface area (Å²) in [6.45, 7) is 8.58. The Labute approximate surface area is 270 Å². The highest BCUT2D eigenvalue weighted by atomic mass is 16.2. The van der Waals surface area contributed by atoms with Gasteiger partial charge >= 0.3 is 0 Å². The first-order valence-electron chi connectivity index (χ1n) is 14.3. The average molecular weight is 609 g/mol. The number of carbonyl (C=O) groups is 1. The van der Waals surface area contributed by atoms with Crippen LogP contribution in [0.4, 0.5) is 0 Å². The number of amides is 1. The number of fused-ring (bicyclic) bond motifs is 1. The molecule has 0 N–H and O–H groups in total. The largest absolute Gasteiger partial charge is 0.332 e. The SMILES string of the molecule is C.C.C.C.CCCN(C(=O)Cc1ccc(-c2ccccc2)cc1)C(CC)c1nc2nccc(C)c2c(=O)n1-c1ccc(C)cc1. The summed E-state index contributed by atoms with van der Waals surface area (Å²) < 4.78 is 1.68. The van der Waals surface area contributed by atoms with Gasteiger partial charge in [0.1, 0.15) is 5.82 Å². The number of rotatable bonds is 9. The van der Waals surface area contributed by atoms with Gasteiger partial charge in [0.2, 0.25) is 5.91 Å². The van der Waals surface area contributed by atoms with Crippen LogP contribution in [0.15, 0.2) is 95.9 Å². The molecule has 0 spiro atoms. The van der Waals surface area contributed by atoms with Crippen LogP contribution in [0.1, 0.15) is 85.0 Å². The molecule has 1 unspecified atom stereocenters. The molecule has 0 aliphatic carbocycles. The highest BCUT2D eigenvalue weighted by Crippen LogP contribution is 2.28. The molecule has 2 heterocycles. The fraction of sp³-hybridized carbons (Fsp3) is 0.333. The first kappa shape index (κ1) is 38.4. The van der Waals surface area contributed by atoms with Crippen molar-refractivity contribution in [2.75, 3.05) is 6.54 Å². The lowest BCUT2D eigenvalue weighted by atomic mass is 10.0. The van der Waals surface area contributed by atoms with Crippen molar-refractivity contribution in [3.8, 4) is 16.8 Å². The smallest absolute Gasteiger partial charge is 0.267 e. The first-order chi connectivity index (χ1) is 19.9. The number of benzene rings is 3. The maximum absolute atomic E-state index is 14.0. The molecule has 2 aromatic heterocycles. The zero-order valence-electron chi connectivity index (χ0n) is 24.2. The van der Waals surface area contributed by atoms with Crippen LogP contribution >= 0.6 is 0 Å². The van der Waals surface area contributed by atoms with Gasteiger partial charge in [-0.3, -0.25) is 14.2 Å². The van der Waals surface area contributed by atoms with Gasteiger partial charge in [-0.25, -0.2) is 9.97 Å². The van der Waals surface area contributed by atoms with E-state index in [1.54, 1.807) is 10.8 Å². The summed E-state index contributed by atoms with van der Waals surface area (Å²) in [5.41, 5.74) is 6.10. The fourth-order valence-corrected chi connectivity index (χ4v) is 5.39. The fourth-order valence-electron chi connectivity index (χ4n) is 5.39. The van der Waals surface area contributed by atoms with Crippen LogP contribution in [0.3, 0.4) is 0 Å². The van der Waals surface area contributed by atoms with Gasteiger partial charge in [-0.15, -0.1) is 0 Å². The number of aromatic nitrogens is 3. The van der Waals surface area contributed by atoms with E-state index in [9.17, 15) is 9.59 Å². The van der Waals surface area contributed by atoms with E-state index in [1.807, 2.05) is 86.3 Å². The van der Waals surface area contributed by atoms with E-state index in [0.29, 0.717) is 29.8 Å². The molecule has 3 aromatic carbocycles. The molecule has 45 heavy (non-hydrogen) atoms. The van der Waals surface area contributed by atoms with E-state index >= 15 is 0 Å². The summed E-state index contributed by atoms with van der Waals surface area (Å²) in [6.07, 6.45) is 3.34. The van der Waals surface area contributed by atoms with Crippen LogP contribution in [-0.2, 0) is 11.2 Å². The van der Waals surface area contributed by atoms with Gasteiger partial charge in [0.25, 0.3) is 5.56 Å².